The van der Waals surface area contributed by atoms with Gasteiger partial charge in [0, 0.05) is 30.2 Å². The Balaban J connectivity index is 2.39. The van der Waals surface area contributed by atoms with Crippen molar-refractivity contribution in [3.05, 3.63) is 41.0 Å². The Kier molecular flexibility index (Phi) is 4.49. The molecule has 112 valence electrons. The zero-order chi connectivity index (χ0) is 15.6. The molecule has 0 aliphatic heterocycles. The van der Waals surface area contributed by atoms with Gasteiger partial charge in [-0.3, -0.25) is 9.78 Å². The summed E-state index contributed by atoms with van der Waals surface area (Å²) in [6.07, 6.45) is 1.68. The van der Waals surface area contributed by atoms with Crippen LogP contribution in [0.5, 0.6) is 0 Å². The molecule has 21 heavy (non-hydrogen) atoms. The molecular formula is C16H20ClN3O. The Bertz CT molecular complexity index is 670. The SMILES string of the molecule is CN(CC(C)(C)CN)C(=O)c1cc(Cl)cc2cccnc12. The van der Waals surface area contributed by atoms with E-state index in [-0.39, 0.29) is 11.3 Å². The van der Waals surface area contributed by atoms with Crippen molar-refractivity contribution in [2.24, 2.45) is 11.1 Å². The Morgan fingerprint density at radius 1 is 1.43 bits per heavy atom. The van der Waals surface area contributed by atoms with Crippen LogP contribution in [0.4, 0.5) is 0 Å². The van der Waals surface area contributed by atoms with Crippen LogP contribution in [-0.2, 0) is 0 Å². The van der Waals surface area contributed by atoms with Crippen molar-refractivity contribution in [3.8, 4) is 0 Å². The van der Waals surface area contributed by atoms with Crippen molar-refractivity contribution in [3.63, 3.8) is 0 Å². The summed E-state index contributed by atoms with van der Waals surface area (Å²) in [6.45, 7) is 5.15. The van der Waals surface area contributed by atoms with Gasteiger partial charge in [-0.2, -0.15) is 0 Å². The number of nitrogens with two attached hydrogens (primary N) is 1. The number of rotatable bonds is 4. The fraction of sp³-hybridized carbons (Fsp3) is 0.375. The first-order valence-corrected chi connectivity index (χ1v) is 7.22. The van der Waals surface area contributed by atoms with Crippen molar-refractivity contribution >= 4 is 28.4 Å². The fourth-order valence-electron chi connectivity index (χ4n) is 2.30. The molecule has 2 aromatic rings. The van der Waals surface area contributed by atoms with Crippen LogP contribution >= 0.6 is 11.6 Å². The molecule has 1 amide bonds. The maximum absolute atomic E-state index is 12.7. The van der Waals surface area contributed by atoms with Crippen LogP contribution in [0.2, 0.25) is 5.02 Å². The highest BCUT2D eigenvalue weighted by Crippen LogP contribution is 2.24. The molecule has 0 aliphatic rings. The predicted molar refractivity (Wildman–Crippen MR) is 86.5 cm³/mol. The molecule has 0 saturated carbocycles. The van der Waals surface area contributed by atoms with E-state index in [1.807, 2.05) is 32.0 Å². The van der Waals surface area contributed by atoms with Gasteiger partial charge in [0.2, 0.25) is 0 Å². The number of nitrogens with zero attached hydrogens (tertiary/aromatic N) is 2. The quantitative estimate of drug-likeness (QED) is 0.945. The van der Waals surface area contributed by atoms with Gasteiger partial charge in [-0.05, 0) is 30.2 Å². The third kappa shape index (κ3) is 3.52. The fourth-order valence-corrected chi connectivity index (χ4v) is 2.53. The minimum Gasteiger partial charge on any atom is -0.341 e. The lowest BCUT2D eigenvalue weighted by molar-refractivity contribution is 0.0742. The number of pyridine rings is 1. The van der Waals surface area contributed by atoms with Crippen LogP contribution in [0, 0.1) is 5.41 Å². The second kappa shape index (κ2) is 6.00. The van der Waals surface area contributed by atoms with Crippen LogP contribution in [0.1, 0.15) is 24.2 Å². The highest BCUT2D eigenvalue weighted by Gasteiger charge is 2.23. The maximum atomic E-state index is 12.7. The molecule has 1 aromatic heterocycles. The van der Waals surface area contributed by atoms with Gasteiger partial charge in [-0.25, -0.2) is 0 Å². The van der Waals surface area contributed by atoms with E-state index in [2.05, 4.69) is 4.98 Å². The summed E-state index contributed by atoms with van der Waals surface area (Å²) in [5.74, 6) is -0.0947. The Morgan fingerprint density at radius 2 is 2.14 bits per heavy atom. The summed E-state index contributed by atoms with van der Waals surface area (Å²) in [6, 6.07) is 7.21. The number of hydrogen-bond donors (Lipinski definition) is 1. The maximum Gasteiger partial charge on any atom is 0.255 e. The van der Waals surface area contributed by atoms with E-state index in [1.54, 1.807) is 24.2 Å². The van der Waals surface area contributed by atoms with Crippen molar-refractivity contribution < 1.29 is 4.79 Å². The average molecular weight is 306 g/mol. The molecular weight excluding hydrogens is 286 g/mol. The van der Waals surface area contributed by atoms with Crippen LogP contribution in [0.25, 0.3) is 10.9 Å². The first kappa shape index (κ1) is 15.7. The van der Waals surface area contributed by atoms with Crippen molar-refractivity contribution in [2.75, 3.05) is 20.1 Å². The van der Waals surface area contributed by atoms with E-state index >= 15 is 0 Å². The number of benzene rings is 1. The van der Waals surface area contributed by atoms with E-state index in [4.69, 9.17) is 17.3 Å². The highest BCUT2D eigenvalue weighted by molar-refractivity contribution is 6.32. The topological polar surface area (TPSA) is 59.2 Å². The lowest BCUT2D eigenvalue weighted by atomic mass is 9.93. The van der Waals surface area contributed by atoms with Crippen LogP contribution in [0.3, 0.4) is 0 Å². The smallest absolute Gasteiger partial charge is 0.255 e. The molecule has 0 spiro atoms. The summed E-state index contributed by atoms with van der Waals surface area (Å²) in [4.78, 5) is 18.7. The molecule has 1 aromatic carbocycles. The van der Waals surface area contributed by atoms with E-state index in [0.29, 0.717) is 29.2 Å². The summed E-state index contributed by atoms with van der Waals surface area (Å²) in [5.41, 5.74) is 6.80. The first-order chi connectivity index (χ1) is 9.84. The predicted octanol–water partition coefficient (Wildman–Crippen LogP) is 2.95. The lowest BCUT2D eigenvalue weighted by Crippen LogP contribution is -2.39. The summed E-state index contributed by atoms with van der Waals surface area (Å²) in [5, 5.41) is 1.39. The molecule has 4 nitrogen and oxygen atoms in total. The second-order valence-electron chi connectivity index (χ2n) is 6.06. The van der Waals surface area contributed by atoms with Crippen molar-refractivity contribution in [2.45, 2.75) is 13.8 Å². The Hall–Kier alpha value is -1.65. The Morgan fingerprint density at radius 3 is 2.81 bits per heavy atom. The van der Waals surface area contributed by atoms with E-state index in [1.165, 1.54) is 0 Å². The van der Waals surface area contributed by atoms with Crippen LogP contribution in [0.15, 0.2) is 30.5 Å². The largest absolute Gasteiger partial charge is 0.341 e. The number of amides is 1. The minimum absolute atomic E-state index is 0.0947. The monoisotopic (exact) mass is 305 g/mol. The molecule has 2 N–H and O–H groups in total. The molecule has 1 heterocycles. The molecule has 5 heteroatoms. The number of hydrogen-bond acceptors (Lipinski definition) is 3. The van der Waals surface area contributed by atoms with Crippen LogP contribution in [-0.4, -0.2) is 35.9 Å². The zero-order valence-corrected chi connectivity index (χ0v) is 13.3. The van der Waals surface area contributed by atoms with Crippen molar-refractivity contribution in [1.82, 2.24) is 9.88 Å². The molecule has 2 rings (SSSR count). The number of aromatic nitrogens is 1. The van der Waals surface area contributed by atoms with Gasteiger partial charge in [0.15, 0.2) is 0 Å². The normalized spacial score (nSPS) is 11.7. The van der Waals surface area contributed by atoms with Gasteiger partial charge in [-0.1, -0.05) is 31.5 Å². The molecule has 0 aliphatic carbocycles. The average Bonchev–Trinajstić information content (AvgIpc) is 2.45. The molecule has 0 atom stereocenters. The first-order valence-electron chi connectivity index (χ1n) is 6.84. The molecule has 0 unspecified atom stereocenters. The number of fused-ring (bicyclic) bond motifs is 1. The number of carbonyl (C=O) groups excluding carboxylic acids is 1. The number of halogens is 1. The molecule has 0 saturated heterocycles. The molecule has 0 fully saturated rings. The zero-order valence-electron chi connectivity index (χ0n) is 12.6. The summed E-state index contributed by atoms with van der Waals surface area (Å²) < 4.78 is 0. The van der Waals surface area contributed by atoms with Gasteiger partial charge in [0.25, 0.3) is 5.91 Å². The third-order valence-electron chi connectivity index (χ3n) is 3.46. The van der Waals surface area contributed by atoms with Gasteiger partial charge < -0.3 is 10.6 Å². The minimum atomic E-state index is -0.133. The van der Waals surface area contributed by atoms with E-state index in [0.717, 1.165) is 5.39 Å². The van der Waals surface area contributed by atoms with Gasteiger partial charge in [0.05, 0.1) is 11.1 Å². The van der Waals surface area contributed by atoms with Crippen molar-refractivity contribution in [1.29, 1.82) is 0 Å². The Labute approximate surface area is 129 Å². The third-order valence-corrected chi connectivity index (χ3v) is 3.68. The second-order valence-corrected chi connectivity index (χ2v) is 6.49. The summed E-state index contributed by atoms with van der Waals surface area (Å²) in [7, 11) is 1.77. The summed E-state index contributed by atoms with van der Waals surface area (Å²) >= 11 is 6.11. The number of carbonyl (C=O) groups is 1. The lowest BCUT2D eigenvalue weighted by Gasteiger charge is -2.29. The van der Waals surface area contributed by atoms with Crippen LogP contribution < -0.4 is 5.73 Å². The molecule has 0 radical (unpaired) electrons. The van der Waals surface area contributed by atoms with Gasteiger partial charge in [-0.15, -0.1) is 0 Å². The standard InChI is InChI=1S/C16H20ClN3O/c1-16(2,9-18)10-20(3)15(21)13-8-12(17)7-11-5-4-6-19-14(11)13/h4-8H,9-10,18H2,1-3H3. The van der Waals surface area contributed by atoms with Gasteiger partial charge in [0.1, 0.15) is 0 Å². The highest BCUT2D eigenvalue weighted by atomic mass is 35.5. The van der Waals surface area contributed by atoms with E-state index < -0.39 is 0 Å². The van der Waals surface area contributed by atoms with Gasteiger partial charge >= 0.3 is 0 Å². The molecule has 0 bridgehead atoms. The van der Waals surface area contributed by atoms with E-state index in [9.17, 15) is 4.79 Å².